The number of carbonyl (C=O) groups is 1. The topological polar surface area (TPSA) is 59.8 Å². The van der Waals surface area contributed by atoms with E-state index < -0.39 is 0 Å². The lowest BCUT2D eigenvalue weighted by Gasteiger charge is -2.13. The van der Waals surface area contributed by atoms with E-state index in [1.807, 2.05) is 26.0 Å². The molecule has 1 aromatic heterocycles. The molecule has 23 heavy (non-hydrogen) atoms. The van der Waals surface area contributed by atoms with E-state index in [9.17, 15) is 4.79 Å². The molecule has 1 atom stereocenters. The van der Waals surface area contributed by atoms with Gasteiger partial charge in [-0.3, -0.25) is 4.79 Å². The molecule has 1 aromatic carbocycles. The van der Waals surface area contributed by atoms with Crippen molar-refractivity contribution in [2.24, 2.45) is 0 Å². The lowest BCUT2D eigenvalue weighted by molar-refractivity contribution is -0.120. The van der Waals surface area contributed by atoms with Crippen molar-refractivity contribution < 1.29 is 4.79 Å². The lowest BCUT2D eigenvalue weighted by atomic mass is 10.1. The largest absolute Gasteiger partial charge is 0.351 e. The van der Waals surface area contributed by atoms with Crippen LogP contribution >= 0.6 is 11.8 Å². The van der Waals surface area contributed by atoms with Gasteiger partial charge in [-0.05, 0) is 39.2 Å². The smallest absolute Gasteiger partial charge is 0.233 e. The van der Waals surface area contributed by atoms with Crippen LogP contribution in [0, 0.1) is 13.8 Å². The van der Waals surface area contributed by atoms with Gasteiger partial charge in [0, 0.05) is 12.6 Å². The molecule has 1 N–H and O–H groups in total. The fourth-order valence-corrected chi connectivity index (χ4v) is 3.42. The average molecular weight is 330 g/mol. The number of rotatable bonds is 6. The van der Waals surface area contributed by atoms with E-state index in [0.29, 0.717) is 12.6 Å². The van der Waals surface area contributed by atoms with Crippen LogP contribution in [0.25, 0.3) is 0 Å². The zero-order chi connectivity index (χ0) is 16.4. The Bertz CT molecular complexity index is 691. The molecule has 1 amide bonds. The van der Waals surface area contributed by atoms with Crippen LogP contribution in [-0.4, -0.2) is 25.9 Å². The molecule has 5 nitrogen and oxygen atoms in total. The second kappa shape index (κ2) is 6.74. The third kappa shape index (κ3) is 3.93. The van der Waals surface area contributed by atoms with Gasteiger partial charge in [0.1, 0.15) is 5.82 Å². The van der Waals surface area contributed by atoms with Crippen LogP contribution in [0.5, 0.6) is 0 Å². The Morgan fingerprint density at radius 3 is 2.65 bits per heavy atom. The van der Waals surface area contributed by atoms with E-state index in [0.717, 1.165) is 16.5 Å². The molecule has 1 aliphatic carbocycles. The summed E-state index contributed by atoms with van der Waals surface area (Å²) in [6.45, 7) is 6.49. The molecule has 0 bridgehead atoms. The van der Waals surface area contributed by atoms with E-state index in [1.165, 1.54) is 30.2 Å². The van der Waals surface area contributed by atoms with Gasteiger partial charge in [0.05, 0.1) is 5.25 Å². The van der Waals surface area contributed by atoms with Crippen LogP contribution in [-0.2, 0) is 11.3 Å². The minimum Gasteiger partial charge on any atom is -0.351 e. The fourth-order valence-electron chi connectivity index (χ4n) is 2.43. The zero-order valence-corrected chi connectivity index (χ0v) is 14.6. The maximum atomic E-state index is 12.3. The number of hydrogen-bond donors (Lipinski definition) is 1. The van der Waals surface area contributed by atoms with Crippen LogP contribution < -0.4 is 5.32 Å². The fraction of sp³-hybridized carbons (Fsp3) is 0.471. The molecule has 0 saturated heterocycles. The standard InChI is InChI=1S/C17H22N4OS/c1-11-4-6-14(7-5-11)10-18-16(22)12(2)23-17-20-19-13(3)21(17)15-8-9-15/h4-7,12,15H,8-10H2,1-3H3,(H,18,22)/t12-/m1/s1. The number of benzene rings is 1. The molecule has 3 rings (SSSR count). The highest BCUT2D eigenvalue weighted by Crippen LogP contribution is 2.39. The predicted molar refractivity (Wildman–Crippen MR) is 91.4 cm³/mol. The second-order valence-electron chi connectivity index (χ2n) is 6.09. The van der Waals surface area contributed by atoms with Crippen LogP contribution in [0.2, 0.25) is 0 Å². The van der Waals surface area contributed by atoms with Crippen molar-refractivity contribution in [2.45, 2.75) is 56.6 Å². The van der Waals surface area contributed by atoms with Crippen molar-refractivity contribution in [3.8, 4) is 0 Å². The minimum atomic E-state index is -0.193. The van der Waals surface area contributed by atoms with Crippen LogP contribution in [0.3, 0.4) is 0 Å². The minimum absolute atomic E-state index is 0.0265. The molecular formula is C17H22N4OS. The van der Waals surface area contributed by atoms with Gasteiger partial charge in [0.25, 0.3) is 0 Å². The molecule has 1 fully saturated rings. The average Bonchev–Trinajstić information content (AvgIpc) is 3.30. The quantitative estimate of drug-likeness (QED) is 0.827. The molecule has 0 aliphatic heterocycles. The molecule has 1 aliphatic rings. The van der Waals surface area contributed by atoms with Crippen molar-refractivity contribution in [1.82, 2.24) is 20.1 Å². The van der Waals surface area contributed by atoms with E-state index in [4.69, 9.17) is 0 Å². The molecule has 2 aromatic rings. The second-order valence-corrected chi connectivity index (χ2v) is 7.40. The van der Waals surface area contributed by atoms with Gasteiger partial charge in [0.15, 0.2) is 5.16 Å². The maximum absolute atomic E-state index is 12.3. The molecule has 0 radical (unpaired) electrons. The van der Waals surface area contributed by atoms with Gasteiger partial charge in [0.2, 0.25) is 5.91 Å². The summed E-state index contributed by atoms with van der Waals surface area (Å²) in [5.41, 5.74) is 2.33. The highest BCUT2D eigenvalue weighted by Gasteiger charge is 2.29. The molecule has 6 heteroatoms. The highest BCUT2D eigenvalue weighted by atomic mass is 32.2. The van der Waals surface area contributed by atoms with Crippen LogP contribution in [0.1, 0.15) is 42.8 Å². The molecule has 0 spiro atoms. The maximum Gasteiger partial charge on any atom is 0.233 e. The Kier molecular flexibility index (Phi) is 4.71. The normalized spacial score (nSPS) is 15.4. The van der Waals surface area contributed by atoms with Crippen molar-refractivity contribution >= 4 is 17.7 Å². The number of nitrogens with zero attached hydrogens (tertiary/aromatic N) is 3. The number of aromatic nitrogens is 3. The van der Waals surface area contributed by atoms with Gasteiger partial charge in [-0.25, -0.2) is 0 Å². The Morgan fingerprint density at radius 1 is 1.30 bits per heavy atom. The summed E-state index contributed by atoms with van der Waals surface area (Å²) < 4.78 is 2.16. The SMILES string of the molecule is Cc1ccc(CNC(=O)[C@@H](C)Sc2nnc(C)n2C2CC2)cc1. The summed E-state index contributed by atoms with van der Waals surface area (Å²) in [4.78, 5) is 12.3. The first kappa shape index (κ1) is 16.1. The van der Waals surface area contributed by atoms with Crippen LogP contribution in [0.4, 0.5) is 0 Å². The molecule has 1 saturated carbocycles. The van der Waals surface area contributed by atoms with Gasteiger partial charge in [-0.2, -0.15) is 0 Å². The molecule has 122 valence electrons. The van der Waals surface area contributed by atoms with Crippen molar-refractivity contribution in [3.05, 3.63) is 41.2 Å². The van der Waals surface area contributed by atoms with Crippen molar-refractivity contribution in [3.63, 3.8) is 0 Å². The predicted octanol–water partition coefficient (Wildman–Crippen LogP) is 3.03. The third-order valence-electron chi connectivity index (χ3n) is 3.99. The van der Waals surface area contributed by atoms with E-state index in [-0.39, 0.29) is 11.2 Å². The first-order valence-corrected chi connectivity index (χ1v) is 8.84. The summed E-state index contributed by atoms with van der Waals surface area (Å²) in [5, 5.41) is 12.0. The summed E-state index contributed by atoms with van der Waals surface area (Å²) >= 11 is 1.48. The van der Waals surface area contributed by atoms with E-state index in [2.05, 4.69) is 39.1 Å². The molecule has 0 unspecified atom stereocenters. The number of carbonyl (C=O) groups excluding carboxylic acids is 1. The Balaban J connectivity index is 1.56. The number of nitrogens with one attached hydrogen (secondary N) is 1. The third-order valence-corrected chi connectivity index (χ3v) is 5.04. The van der Waals surface area contributed by atoms with Crippen LogP contribution in [0.15, 0.2) is 29.4 Å². The summed E-state index contributed by atoms with van der Waals surface area (Å²) in [5.74, 6) is 0.959. The highest BCUT2D eigenvalue weighted by molar-refractivity contribution is 8.00. The number of thioether (sulfide) groups is 1. The number of aryl methyl sites for hydroxylation is 2. The first-order valence-electron chi connectivity index (χ1n) is 7.96. The molecule has 1 heterocycles. The van der Waals surface area contributed by atoms with Gasteiger partial charge < -0.3 is 9.88 Å². The van der Waals surface area contributed by atoms with Crippen molar-refractivity contribution in [2.75, 3.05) is 0 Å². The first-order chi connectivity index (χ1) is 11.0. The Morgan fingerprint density at radius 2 is 2.00 bits per heavy atom. The van der Waals surface area contributed by atoms with Gasteiger partial charge in [-0.1, -0.05) is 41.6 Å². The van der Waals surface area contributed by atoms with Gasteiger partial charge in [-0.15, -0.1) is 10.2 Å². The van der Waals surface area contributed by atoms with E-state index >= 15 is 0 Å². The summed E-state index contributed by atoms with van der Waals surface area (Å²) in [7, 11) is 0. The van der Waals surface area contributed by atoms with Gasteiger partial charge >= 0.3 is 0 Å². The zero-order valence-electron chi connectivity index (χ0n) is 13.7. The summed E-state index contributed by atoms with van der Waals surface area (Å²) in [6, 6.07) is 8.72. The summed E-state index contributed by atoms with van der Waals surface area (Å²) in [6.07, 6.45) is 2.36. The number of amides is 1. The van der Waals surface area contributed by atoms with Crippen molar-refractivity contribution in [1.29, 1.82) is 0 Å². The van der Waals surface area contributed by atoms with E-state index in [1.54, 1.807) is 0 Å². The number of hydrogen-bond acceptors (Lipinski definition) is 4. The Labute approximate surface area is 140 Å². The monoisotopic (exact) mass is 330 g/mol. The lowest BCUT2D eigenvalue weighted by Crippen LogP contribution is -2.30. The molecular weight excluding hydrogens is 308 g/mol. The Hall–Kier alpha value is -1.82.